The molecule has 4 heteroatoms. The molecule has 110 valence electrons. The van der Waals surface area contributed by atoms with Gasteiger partial charge in [-0.1, -0.05) is 13.8 Å². The number of nitrogens with zero attached hydrogens (tertiary/aromatic N) is 1. The molecule has 1 unspecified atom stereocenters. The molecule has 0 aromatic rings. The highest BCUT2D eigenvalue weighted by Crippen LogP contribution is 2.33. The first-order valence-electron chi connectivity index (χ1n) is 7.63. The molecule has 2 rings (SSSR count). The van der Waals surface area contributed by atoms with Crippen LogP contribution in [0, 0.1) is 11.8 Å². The van der Waals surface area contributed by atoms with Crippen LogP contribution in [0.1, 0.15) is 46.0 Å². The molecule has 0 aromatic carbocycles. The Kier molecular flexibility index (Phi) is 5.22. The van der Waals surface area contributed by atoms with Crippen molar-refractivity contribution in [1.29, 1.82) is 0 Å². The molecule has 1 aliphatic carbocycles. The summed E-state index contributed by atoms with van der Waals surface area (Å²) in [5.41, 5.74) is 0. The Hall–Kier alpha value is -0.610. The van der Waals surface area contributed by atoms with Crippen molar-refractivity contribution in [2.24, 2.45) is 11.8 Å². The number of rotatable bonds is 4. The third-order valence-corrected chi connectivity index (χ3v) is 4.84. The fourth-order valence-corrected chi connectivity index (χ4v) is 3.63. The van der Waals surface area contributed by atoms with E-state index in [1.165, 1.54) is 25.7 Å². The van der Waals surface area contributed by atoms with Gasteiger partial charge in [-0.25, -0.2) is 0 Å². The summed E-state index contributed by atoms with van der Waals surface area (Å²) >= 11 is 0. The van der Waals surface area contributed by atoms with Crippen LogP contribution < -0.4 is 0 Å². The number of carboxylic acid groups (broad SMARTS) is 1. The Balaban J connectivity index is 1.90. The molecule has 0 amide bonds. The molecule has 1 saturated carbocycles. The number of ether oxygens (including phenoxy) is 1. The molecule has 2 aliphatic rings. The van der Waals surface area contributed by atoms with Gasteiger partial charge < -0.3 is 9.84 Å². The number of hydrogen-bond donors (Lipinski definition) is 1. The average molecular weight is 269 g/mol. The van der Waals surface area contributed by atoms with Crippen LogP contribution >= 0.6 is 0 Å². The minimum absolute atomic E-state index is 0.0758. The van der Waals surface area contributed by atoms with E-state index in [0.29, 0.717) is 12.6 Å². The first kappa shape index (κ1) is 14.8. The second-order valence-electron chi connectivity index (χ2n) is 6.38. The van der Waals surface area contributed by atoms with Crippen LogP contribution in [0.4, 0.5) is 0 Å². The van der Waals surface area contributed by atoms with E-state index in [-0.39, 0.29) is 12.5 Å². The fraction of sp³-hybridized carbons (Fsp3) is 0.933. The van der Waals surface area contributed by atoms with Crippen molar-refractivity contribution in [3.63, 3.8) is 0 Å². The molecular formula is C15H27NO3. The SMILES string of the molecule is CC(C)C1CCC(N2CCOCC2CC(=O)O)CC1. The minimum Gasteiger partial charge on any atom is -0.481 e. The van der Waals surface area contributed by atoms with Crippen LogP contribution in [-0.2, 0) is 9.53 Å². The van der Waals surface area contributed by atoms with Crippen molar-refractivity contribution in [3.8, 4) is 0 Å². The van der Waals surface area contributed by atoms with Gasteiger partial charge in [0.1, 0.15) is 0 Å². The Morgan fingerprint density at radius 2 is 2.00 bits per heavy atom. The number of aliphatic carboxylic acids is 1. The average Bonchev–Trinajstić information content (AvgIpc) is 2.39. The second kappa shape index (κ2) is 6.71. The summed E-state index contributed by atoms with van der Waals surface area (Å²) in [5.74, 6) is 0.923. The lowest BCUT2D eigenvalue weighted by Gasteiger charge is -2.43. The van der Waals surface area contributed by atoms with E-state index in [1.807, 2.05) is 0 Å². The Morgan fingerprint density at radius 3 is 2.58 bits per heavy atom. The Labute approximate surface area is 116 Å². The lowest BCUT2D eigenvalue weighted by atomic mass is 9.79. The molecule has 1 saturated heterocycles. The van der Waals surface area contributed by atoms with E-state index in [2.05, 4.69) is 18.7 Å². The van der Waals surface area contributed by atoms with Gasteiger partial charge in [0, 0.05) is 18.6 Å². The van der Waals surface area contributed by atoms with Gasteiger partial charge in [0.2, 0.25) is 0 Å². The number of morpholine rings is 1. The smallest absolute Gasteiger partial charge is 0.305 e. The molecule has 1 atom stereocenters. The van der Waals surface area contributed by atoms with Crippen LogP contribution in [0.25, 0.3) is 0 Å². The van der Waals surface area contributed by atoms with Gasteiger partial charge in [-0.3, -0.25) is 9.69 Å². The summed E-state index contributed by atoms with van der Waals surface area (Å²) in [6.07, 6.45) is 5.24. The van der Waals surface area contributed by atoms with Crippen molar-refractivity contribution in [3.05, 3.63) is 0 Å². The fourth-order valence-electron chi connectivity index (χ4n) is 3.63. The van der Waals surface area contributed by atoms with Crippen molar-refractivity contribution >= 4 is 5.97 Å². The van der Waals surface area contributed by atoms with Gasteiger partial charge in [-0.05, 0) is 37.5 Å². The van der Waals surface area contributed by atoms with Gasteiger partial charge >= 0.3 is 5.97 Å². The summed E-state index contributed by atoms with van der Waals surface area (Å²) in [7, 11) is 0. The predicted octanol–water partition coefficient (Wildman–Crippen LogP) is 2.38. The standard InChI is InChI=1S/C15H27NO3/c1-11(2)12-3-5-13(6-4-12)16-7-8-19-10-14(16)9-15(17)18/h11-14H,3-10H2,1-2H3,(H,17,18). The lowest BCUT2D eigenvalue weighted by Crippen LogP contribution is -2.52. The van der Waals surface area contributed by atoms with Gasteiger partial charge in [-0.2, -0.15) is 0 Å². The van der Waals surface area contributed by atoms with Crippen LogP contribution in [0.2, 0.25) is 0 Å². The topological polar surface area (TPSA) is 49.8 Å². The Bertz CT molecular complexity index is 298. The first-order chi connectivity index (χ1) is 9.08. The molecule has 0 spiro atoms. The first-order valence-corrected chi connectivity index (χ1v) is 7.63. The molecule has 2 fully saturated rings. The van der Waals surface area contributed by atoms with Gasteiger partial charge in [0.05, 0.1) is 19.6 Å². The summed E-state index contributed by atoms with van der Waals surface area (Å²) in [4.78, 5) is 13.4. The minimum atomic E-state index is -0.712. The van der Waals surface area contributed by atoms with Gasteiger partial charge in [-0.15, -0.1) is 0 Å². The van der Waals surface area contributed by atoms with E-state index in [4.69, 9.17) is 9.84 Å². The zero-order valence-electron chi connectivity index (χ0n) is 12.2. The van der Waals surface area contributed by atoms with Crippen LogP contribution in [-0.4, -0.2) is 47.8 Å². The number of carbonyl (C=O) groups is 1. The molecule has 1 N–H and O–H groups in total. The van der Waals surface area contributed by atoms with Crippen LogP contribution in [0.15, 0.2) is 0 Å². The summed E-state index contributed by atoms with van der Waals surface area (Å²) in [6, 6.07) is 0.648. The van der Waals surface area contributed by atoms with E-state index < -0.39 is 5.97 Å². The third kappa shape index (κ3) is 3.93. The zero-order chi connectivity index (χ0) is 13.8. The monoisotopic (exact) mass is 269 g/mol. The maximum atomic E-state index is 11.0. The Morgan fingerprint density at radius 1 is 1.32 bits per heavy atom. The van der Waals surface area contributed by atoms with E-state index in [1.54, 1.807) is 0 Å². The maximum absolute atomic E-state index is 11.0. The summed E-state index contributed by atoms with van der Waals surface area (Å²) in [6.45, 7) is 6.85. The molecule has 0 radical (unpaired) electrons. The highest BCUT2D eigenvalue weighted by Gasteiger charge is 2.33. The molecule has 19 heavy (non-hydrogen) atoms. The molecule has 0 aromatic heterocycles. The predicted molar refractivity (Wildman–Crippen MR) is 74.1 cm³/mol. The van der Waals surface area contributed by atoms with E-state index in [9.17, 15) is 4.79 Å². The van der Waals surface area contributed by atoms with Crippen molar-refractivity contribution in [2.45, 2.75) is 58.0 Å². The normalized spacial score (nSPS) is 33.5. The highest BCUT2D eigenvalue weighted by molar-refractivity contribution is 5.67. The molecule has 1 heterocycles. The second-order valence-corrected chi connectivity index (χ2v) is 6.38. The van der Waals surface area contributed by atoms with E-state index in [0.717, 1.165) is 25.0 Å². The summed E-state index contributed by atoms with van der Waals surface area (Å²) in [5, 5.41) is 9.01. The molecule has 0 bridgehead atoms. The van der Waals surface area contributed by atoms with E-state index >= 15 is 0 Å². The molecular weight excluding hydrogens is 242 g/mol. The van der Waals surface area contributed by atoms with Crippen LogP contribution in [0.5, 0.6) is 0 Å². The zero-order valence-corrected chi connectivity index (χ0v) is 12.2. The number of carboxylic acids is 1. The van der Waals surface area contributed by atoms with Crippen LogP contribution in [0.3, 0.4) is 0 Å². The molecule has 4 nitrogen and oxygen atoms in total. The van der Waals surface area contributed by atoms with Crippen molar-refractivity contribution < 1.29 is 14.6 Å². The molecule has 1 aliphatic heterocycles. The van der Waals surface area contributed by atoms with Gasteiger partial charge in [0.25, 0.3) is 0 Å². The maximum Gasteiger partial charge on any atom is 0.305 e. The quantitative estimate of drug-likeness (QED) is 0.851. The van der Waals surface area contributed by atoms with Gasteiger partial charge in [0.15, 0.2) is 0 Å². The highest BCUT2D eigenvalue weighted by atomic mass is 16.5. The summed E-state index contributed by atoms with van der Waals surface area (Å²) < 4.78 is 5.46. The third-order valence-electron chi connectivity index (χ3n) is 4.84. The lowest BCUT2D eigenvalue weighted by molar-refractivity contribution is -0.141. The number of hydrogen-bond acceptors (Lipinski definition) is 3. The largest absolute Gasteiger partial charge is 0.481 e. The van der Waals surface area contributed by atoms with Crippen molar-refractivity contribution in [1.82, 2.24) is 4.90 Å². The van der Waals surface area contributed by atoms with Crippen molar-refractivity contribution in [2.75, 3.05) is 19.8 Å².